The fourth-order valence-corrected chi connectivity index (χ4v) is 14.7. The summed E-state index contributed by atoms with van der Waals surface area (Å²) in [4.78, 5) is 118. The van der Waals surface area contributed by atoms with E-state index in [0.717, 1.165) is 112 Å². The van der Waals surface area contributed by atoms with Crippen molar-refractivity contribution in [2.75, 3.05) is 20.2 Å². The number of rotatable bonds is 23. The number of aliphatic hydroxyl groups excluding tert-OH is 6. The Hall–Kier alpha value is -9.20. The molecule has 2 fully saturated rings. The number of nitrogens with one attached hydrogen (secondary N) is 8. The Kier molecular flexibility index (Phi) is 27.7. The Labute approximate surface area is 648 Å². The van der Waals surface area contributed by atoms with Gasteiger partial charge >= 0.3 is 5.97 Å². The summed E-state index contributed by atoms with van der Waals surface area (Å²) in [5, 5.41) is 136. The van der Waals surface area contributed by atoms with Crippen LogP contribution in [0, 0.1) is 5.92 Å². The number of aliphatic hydroxyl groups is 6. The first kappa shape index (κ1) is 84.3. The topological polar surface area (TPSA) is 517 Å². The minimum atomic E-state index is -2.34. The number of aliphatic carboxylic acids is 1. The van der Waals surface area contributed by atoms with Crippen LogP contribution in [0.3, 0.4) is 0 Å². The number of primary amides is 1. The molecule has 7 aliphatic heterocycles. The summed E-state index contributed by atoms with van der Waals surface area (Å²) in [7, 11) is 1.48. The van der Waals surface area contributed by atoms with Crippen molar-refractivity contribution in [3.63, 3.8) is 0 Å². The van der Waals surface area contributed by atoms with Gasteiger partial charge in [0.1, 0.15) is 89.5 Å². The zero-order chi connectivity index (χ0) is 80.6. The number of aromatic hydroxyl groups is 3. The van der Waals surface area contributed by atoms with Crippen molar-refractivity contribution in [3.8, 4) is 57.1 Å². The van der Waals surface area contributed by atoms with Crippen molar-refractivity contribution in [2.24, 2.45) is 11.7 Å². The highest BCUT2D eigenvalue weighted by molar-refractivity contribution is 6.32. The summed E-state index contributed by atoms with van der Waals surface area (Å²) in [5.41, 5.74) is 1.90. The minimum absolute atomic E-state index is 0.0801. The molecule has 18 atom stereocenters. The molecule has 20 N–H and O–H groups in total. The molecule has 111 heavy (non-hydrogen) atoms. The monoisotopic (exact) mass is 1590 g/mol. The number of halogens is 2. The minimum Gasteiger partial charge on any atom is -0.508 e. The lowest BCUT2D eigenvalue weighted by Gasteiger charge is -2.48. The first-order valence-electron chi connectivity index (χ1n) is 36.6. The molecule has 2 saturated heterocycles. The third-order valence-corrected chi connectivity index (χ3v) is 20.9. The number of carbonyl (C=O) groups excluding carboxylic acids is 7. The maximum absolute atomic E-state index is 16.2. The molecule has 7 aliphatic rings. The molecule has 0 aliphatic carbocycles. The number of fused-ring (bicyclic) bond motifs is 15. The standard InChI is InChI=1S/C76H95Cl2N9O24/c1-7-8-9-10-11-12-13-14-21-81-76(5)31-54(106-34(4)67(76)97)110-66-64(96)63(95)52(32-88)109-75(66)111-65-50-26-38-27-51(65)108-49-20-17-37(25-43(49)78)62(94)60-73(103)85-58(74(104)105)41-28-39(89)29-47(91)55(41)40-23-35(15-18-46(40)90)56(70(100)87-60)84-71(101)57(38)83-69(99)45(30-53(79)92)82-72(102)59(86-68(98)44(80-6)22-33(2)3)61(93)36-16-19-48(107-50)42(77)24-36/h15-20,23-29,33-34,44-45,52,54,56-64,66-67,75,80-81,88-91,93-97H,7-14,21-22,30-32H2,1-6H3,(H2,79,92)(H,82,102)(H,83,99)(H,84,101)(H,85,103)(H,86,98)(H,87,100)(H,104,105)/t34-,44+,45-,52+,54-,56+,57+,58?,59+,60-,61+,62+,63+,64-,66+,67+,75-,76-/m0/s1. The third-order valence-electron chi connectivity index (χ3n) is 20.3. The fraction of sp³-hybridized carbons (Fsp3) is 0.500. The van der Waals surface area contributed by atoms with E-state index in [9.17, 15) is 75.0 Å². The number of phenolic OH excluding ortho intramolecular Hbond substituents is 3. The van der Waals surface area contributed by atoms with Crippen LogP contribution in [0.2, 0.25) is 10.0 Å². The van der Waals surface area contributed by atoms with Crippen LogP contribution in [-0.2, 0) is 52.6 Å². The Balaban J connectivity index is 1.19. The van der Waals surface area contributed by atoms with E-state index >= 15 is 14.4 Å². The number of nitrogens with two attached hydrogens (primary N) is 1. The van der Waals surface area contributed by atoms with E-state index < -0.39 is 231 Å². The van der Waals surface area contributed by atoms with Crippen LogP contribution in [0.4, 0.5) is 0 Å². The molecule has 0 aromatic heterocycles. The molecule has 0 saturated carbocycles. The zero-order valence-electron chi connectivity index (χ0n) is 61.6. The van der Waals surface area contributed by atoms with Gasteiger partial charge in [-0.25, -0.2) is 4.79 Å². The normalized spacial score (nSPS) is 27.9. The van der Waals surface area contributed by atoms with Gasteiger partial charge in [0.2, 0.25) is 53.4 Å². The van der Waals surface area contributed by atoms with Crippen molar-refractivity contribution in [3.05, 3.63) is 117 Å². The van der Waals surface area contributed by atoms with Crippen LogP contribution in [0.5, 0.6) is 46.0 Å². The second kappa shape index (κ2) is 36.5. The van der Waals surface area contributed by atoms with Crippen LogP contribution in [0.25, 0.3) is 11.1 Å². The first-order valence-corrected chi connectivity index (χ1v) is 37.4. The molecule has 0 radical (unpaired) electrons. The number of hydrogen-bond acceptors (Lipinski definition) is 25. The Morgan fingerprint density at radius 2 is 1.29 bits per heavy atom. The van der Waals surface area contributed by atoms with Gasteiger partial charge in [-0.2, -0.15) is 0 Å². The maximum atomic E-state index is 16.2. The number of likely N-dealkylation sites (N-methyl/N-ethyl adjacent to an activating group) is 1. The SMILES string of the molecule is CCCCCCCCCCN[C@@]1(C)C[C@H](O[C@H]2[C@H](Oc3c4cc5cc3Oc3ccc(cc3Cl)[C@@H](O)[C@@H](NC(=O)[C@@H](CC(C)C)NC)C(=O)N[C@@H](CC(N)=O)C(=O)N[C@H]5C(=O)N[C@H]3C(=O)N[C@H](C(=O)NC(C(=O)O)c5cc(O)cc(O)c5-c5cc3ccc5O)[C@H](O)c3ccc(c(Cl)c3)O4)O[C@H](CO)[C@@H](O)[C@@H]2O)O[C@@H](C)[C@H]1O. The van der Waals surface area contributed by atoms with Gasteiger partial charge in [-0.15, -0.1) is 0 Å². The molecule has 33 nitrogen and oxygen atoms in total. The molecule has 0 spiro atoms. The average molecular weight is 1590 g/mol. The van der Waals surface area contributed by atoms with E-state index in [2.05, 4.69) is 49.5 Å². The lowest BCUT2D eigenvalue weighted by molar-refractivity contribution is -0.334. The summed E-state index contributed by atoms with van der Waals surface area (Å²) >= 11 is 14.3. The van der Waals surface area contributed by atoms with Gasteiger partial charge in [0.15, 0.2) is 29.9 Å². The molecule has 35 heteroatoms. The van der Waals surface area contributed by atoms with Crippen molar-refractivity contribution in [1.29, 1.82) is 0 Å². The number of phenols is 3. The van der Waals surface area contributed by atoms with E-state index in [4.69, 9.17) is 57.4 Å². The molecule has 7 amide bonds. The van der Waals surface area contributed by atoms with Crippen LogP contribution in [0.15, 0.2) is 78.9 Å². The number of amides is 7. The van der Waals surface area contributed by atoms with Crippen LogP contribution < -0.4 is 62.5 Å². The predicted octanol–water partition coefficient (Wildman–Crippen LogP) is 3.88. The maximum Gasteiger partial charge on any atom is 0.330 e. The average Bonchev–Trinajstić information content (AvgIpc) is 0.772. The molecule has 602 valence electrons. The molecule has 7 heterocycles. The number of ether oxygens (including phenoxy) is 6. The smallest absolute Gasteiger partial charge is 0.330 e. The fourth-order valence-electron chi connectivity index (χ4n) is 14.3. The molecular formula is C76H95Cl2N9O24. The molecule has 5 aromatic carbocycles. The highest BCUT2D eigenvalue weighted by Crippen LogP contribution is 2.50. The zero-order valence-corrected chi connectivity index (χ0v) is 63.1. The lowest BCUT2D eigenvalue weighted by Crippen LogP contribution is -2.65. The van der Waals surface area contributed by atoms with Crippen molar-refractivity contribution >= 4 is 70.5 Å². The lowest BCUT2D eigenvalue weighted by atomic mass is 9.84. The number of unbranched alkanes of at least 4 members (excludes halogenated alkanes) is 7. The quantitative estimate of drug-likeness (QED) is 0.0413. The van der Waals surface area contributed by atoms with E-state index in [1.165, 1.54) is 25.6 Å². The summed E-state index contributed by atoms with van der Waals surface area (Å²) in [6.07, 6.45) is -9.70. The van der Waals surface area contributed by atoms with Crippen molar-refractivity contribution in [2.45, 2.75) is 214 Å². The molecule has 5 aromatic rings. The number of benzene rings is 5. The summed E-state index contributed by atoms with van der Waals surface area (Å²) in [6.45, 7) is 8.72. The number of carbonyl (C=O) groups is 8. The van der Waals surface area contributed by atoms with Gasteiger partial charge in [0.25, 0.3) is 0 Å². The number of carboxylic acid groups (broad SMARTS) is 1. The van der Waals surface area contributed by atoms with Crippen LogP contribution in [0.1, 0.15) is 163 Å². The largest absolute Gasteiger partial charge is 0.508 e. The van der Waals surface area contributed by atoms with E-state index in [0.29, 0.717) is 6.54 Å². The second-order valence-electron chi connectivity index (χ2n) is 29.0. The van der Waals surface area contributed by atoms with Gasteiger partial charge in [-0.3, -0.25) is 33.6 Å². The number of carboxylic acids is 1. The van der Waals surface area contributed by atoms with Gasteiger partial charge in [0.05, 0.1) is 41.3 Å². The summed E-state index contributed by atoms with van der Waals surface area (Å²) < 4.78 is 39.4. The summed E-state index contributed by atoms with van der Waals surface area (Å²) in [5.74, 6) is -15.8. The van der Waals surface area contributed by atoms with Crippen molar-refractivity contribution < 1.29 is 118 Å². The van der Waals surface area contributed by atoms with Gasteiger partial charge < -0.3 is 128 Å². The second-order valence-corrected chi connectivity index (χ2v) is 29.8. The van der Waals surface area contributed by atoms with Gasteiger partial charge in [0, 0.05) is 34.7 Å². The molecular weight excluding hydrogens is 1490 g/mol. The molecule has 11 bridgehead atoms. The molecule has 1 unspecified atom stereocenters. The highest BCUT2D eigenvalue weighted by atomic mass is 35.5. The van der Waals surface area contributed by atoms with Crippen LogP contribution in [-0.4, -0.2) is 197 Å². The van der Waals surface area contributed by atoms with E-state index in [1.54, 1.807) is 13.8 Å². The van der Waals surface area contributed by atoms with Crippen molar-refractivity contribution in [1.82, 2.24) is 42.5 Å². The molecule has 12 rings (SSSR count). The first-order chi connectivity index (χ1) is 52.7. The highest BCUT2D eigenvalue weighted by Gasteiger charge is 2.52. The predicted molar refractivity (Wildman–Crippen MR) is 396 cm³/mol. The van der Waals surface area contributed by atoms with Crippen LogP contribution >= 0.6 is 23.2 Å². The summed E-state index contributed by atoms with van der Waals surface area (Å²) in [6, 6.07) is -0.418. The number of hydrogen-bond donors (Lipinski definition) is 19. The van der Waals surface area contributed by atoms with Gasteiger partial charge in [-0.1, -0.05) is 107 Å². The van der Waals surface area contributed by atoms with E-state index in [-0.39, 0.29) is 52.0 Å². The Morgan fingerprint density at radius 1 is 0.685 bits per heavy atom. The van der Waals surface area contributed by atoms with E-state index in [1.807, 2.05) is 13.8 Å². The van der Waals surface area contributed by atoms with Gasteiger partial charge in [-0.05, 0) is 123 Å². The third kappa shape index (κ3) is 19.5. The Bertz CT molecular complexity index is 4270. The Morgan fingerprint density at radius 3 is 1.89 bits per heavy atom.